The van der Waals surface area contributed by atoms with Gasteiger partial charge in [-0.2, -0.15) is 13.4 Å². The number of rotatable bonds is 15. The van der Waals surface area contributed by atoms with Crippen molar-refractivity contribution in [1.82, 2.24) is 9.55 Å². The van der Waals surface area contributed by atoms with Crippen molar-refractivity contribution in [2.24, 2.45) is 5.41 Å². The molecule has 1 fully saturated rings. The number of hydrogen-bond donors (Lipinski definition) is 0. The van der Waals surface area contributed by atoms with Crippen molar-refractivity contribution in [3.8, 4) is 5.88 Å². The number of hydrogen-bond acceptors (Lipinski definition) is 10. The van der Waals surface area contributed by atoms with Crippen LogP contribution in [0.2, 0.25) is 18.1 Å². The molecule has 1 aliphatic heterocycles. The van der Waals surface area contributed by atoms with E-state index in [9.17, 15) is 23.3 Å². The molecule has 0 spiro atoms. The Bertz CT molecular complexity index is 2110. The van der Waals surface area contributed by atoms with E-state index in [2.05, 4.69) is 52.7 Å². The molecule has 4 rings (SSSR count). The van der Waals surface area contributed by atoms with E-state index in [1.807, 2.05) is 90.1 Å². The second-order valence-electron chi connectivity index (χ2n) is 19.0. The Morgan fingerprint density at radius 2 is 1.57 bits per heavy atom. The summed E-state index contributed by atoms with van der Waals surface area (Å²) in [6.07, 6.45) is 0.374. The number of ether oxygens (including phenoxy) is 2. The van der Waals surface area contributed by atoms with Gasteiger partial charge in [-0.3, -0.25) is 14.7 Å². The molecule has 322 valence electrons. The maximum Gasteiger partial charge on any atom is 0.353 e. The number of nitro benzene ring substituents is 1. The van der Waals surface area contributed by atoms with Gasteiger partial charge in [0.2, 0.25) is 5.88 Å². The summed E-state index contributed by atoms with van der Waals surface area (Å²) < 4.78 is 57.1. The molecule has 1 saturated heterocycles. The molecule has 0 radical (unpaired) electrons. The second kappa shape index (κ2) is 18.1. The lowest BCUT2D eigenvalue weighted by molar-refractivity contribution is -0.386. The van der Waals surface area contributed by atoms with Crippen molar-refractivity contribution >= 4 is 46.7 Å². The van der Waals surface area contributed by atoms with Crippen LogP contribution in [-0.2, 0) is 30.6 Å². The molecule has 1 aliphatic rings. The minimum atomic E-state index is -4.58. The summed E-state index contributed by atoms with van der Waals surface area (Å²) in [5.41, 5.74) is 1.24. The third-order valence-electron chi connectivity index (χ3n) is 11.3. The van der Waals surface area contributed by atoms with E-state index in [0.717, 1.165) is 5.56 Å². The van der Waals surface area contributed by atoms with Crippen LogP contribution in [-0.4, -0.2) is 43.4 Å². The third-order valence-corrected chi connectivity index (χ3v) is 17.8. The average molecular weight is 954 g/mol. The Hall–Kier alpha value is -2.70. The topological polar surface area (TPSA) is 149 Å². The van der Waals surface area contributed by atoms with Crippen molar-refractivity contribution in [1.29, 1.82) is 0 Å². The zero-order valence-electron chi connectivity index (χ0n) is 36.9. The lowest BCUT2D eigenvalue weighted by Crippen LogP contribution is -2.45. The molecular weight excluding hydrogens is 890 g/mol. The van der Waals surface area contributed by atoms with Crippen LogP contribution in [0.15, 0.2) is 46.2 Å². The van der Waals surface area contributed by atoms with Gasteiger partial charge in [0.05, 0.1) is 41.0 Å². The molecule has 2 aromatic carbocycles. The minimum absolute atomic E-state index is 0.0492. The highest BCUT2D eigenvalue weighted by atomic mass is 127. The van der Waals surface area contributed by atoms with E-state index in [-0.39, 0.29) is 57.8 Å². The Kier molecular flexibility index (Phi) is 15.0. The third kappa shape index (κ3) is 10.8. The highest BCUT2D eigenvalue weighted by Crippen LogP contribution is 2.44. The first-order chi connectivity index (χ1) is 26.6. The average Bonchev–Trinajstić information content (AvgIpc) is 3.49. The van der Waals surface area contributed by atoms with E-state index >= 15 is 0 Å². The lowest BCUT2D eigenvalue weighted by atomic mass is 9.84. The molecule has 4 atom stereocenters. The van der Waals surface area contributed by atoms with Crippen molar-refractivity contribution in [2.75, 3.05) is 0 Å². The standard InChI is InChI=1S/C43H64IN3O9SSi/c1-16-35-36(56-58(14,15)43(11,12)13)22-37(54-35)46-23-29(24-53-39(42(8,9)10)31-18-17-30(44)21-34(31)47(49)50)40(45-41(46)48)55-57(51,52)38-32(26(4)5)19-28(25(2)3)20-33(38)27(6)7/h17-21,23,25-27,35-37,39H,16,22,24H2,1-15H3/t35-,36?,37-,39+/m1/s1. The monoisotopic (exact) mass is 953 g/mol. The molecule has 0 bridgehead atoms. The molecule has 1 aromatic heterocycles. The summed E-state index contributed by atoms with van der Waals surface area (Å²) in [6.45, 7) is 30.2. The summed E-state index contributed by atoms with van der Waals surface area (Å²) in [5, 5.41) is 12.2. The SMILES string of the molecule is CC[C@H]1O[C@@H](n2cc(CO[C@@H](c3ccc(I)cc3[N+](=O)[O-])C(C)(C)C)c(OS(=O)(=O)c3c(C(C)C)cc(C(C)C)cc3C(C)C)nc2=O)CC1O[Si](C)(C)C(C)(C)C. The predicted octanol–water partition coefficient (Wildman–Crippen LogP) is 11.3. The van der Waals surface area contributed by atoms with E-state index in [0.29, 0.717) is 33.1 Å². The van der Waals surface area contributed by atoms with Gasteiger partial charge in [-0.25, -0.2) is 4.79 Å². The number of halogens is 1. The van der Waals surface area contributed by atoms with Gasteiger partial charge < -0.3 is 18.1 Å². The molecule has 0 amide bonds. The maximum atomic E-state index is 14.6. The second-order valence-corrected chi connectivity index (χ2v) is 26.5. The Morgan fingerprint density at radius 3 is 2.05 bits per heavy atom. The lowest BCUT2D eigenvalue weighted by Gasteiger charge is -2.39. The van der Waals surface area contributed by atoms with Crippen LogP contribution >= 0.6 is 22.6 Å². The van der Waals surface area contributed by atoms with Crippen LogP contribution in [0.3, 0.4) is 0 Å². The largest absolute Gasteiger partial charge is 0.411 e. The summed E-state index contributed by atoms with van der Waals surface area (Å²) >= 11 is 2.03. The molecule has 58 heavy (non-hydrogen) atoms. The molecule has 15 heteroatoms. The van der Waals surface area contributed by atoms with Gasteiger partial charge in [-0.15, -0.1) is 0 Å². The molecule has 3 aromatic rings. The highest BCUT2D eigenvalue weighted by Gasteiger charge is 2.45. The van der Waals surface area contributed by atoms with Crippen molar-refractivity contribution in [3.63, 3.8) is 0 Å². The zero-order valence-corrected chi connectivity index (χ0v) is 40.9. The van der Waals surface area contributed by atoms with Gasteiger partial charge in [-0.1, -0.05) is 102 Å². The van der Waals surface area contributed by atoms with Crippen molar-refractivity contribution in [3.05, 3.63) is 88.5 Å². The Balaban J connectivity index is 1.90. The normalized spacial score (nSPS) is 18.7. The van der Waals surface area contributed by atoms with E-state index in [1.54, 1.807) is 12.1 Å². The maximum absolute atomic E-state index is 14.6. The highest BCUT2D eigenvalue weighted by molar-refractivity contribution is 14.1. The smallest absolute Gasteiger partial charge is 0.353 e. The number of benzene rings is 2. The number of nitrogens with zero attached hydrogens (tertiary/aromatic N) is 3. The molecule has 0 aliphatic carbocycles. The molecular formula is C43H64IN3O9SSi. The molecule has 0 saturated carbocycles. The summed E-state index contributed by atoms with van der Waals surface area (Å²) in [7, 11) is -6.80. The minimum Gasteiger partial charge on any atom is -0.411 e. The molecule has 12 nitrogen and oxygen atoms in total. The number of nitro groups is 1. The van der Waals surface area contributed by atoms with Gasteiger partial charge in [0.15, 0.2) is 8.32 Å². The summed E-state index contributed by atoms with van der Waals surface area (Å²) in [6, 6.07) is 8.78. The molecule has 2 heterocycles. The van der Waals surface area contributed by atoms with E-state index in [4.69, 9.17) is 18.1 Å². The predicted molar refractivity (Wildman–Crippen MR) is 239 cm³/mol. The van der Waals surface area contributed by atoms with E-state index < -0.39 is 52.7 Å². The fraction of sp³-hybridized carbons (Fsp3) is 0.628. The zero-order chi connectivity index (χ0) is 43.9. The van der Waals surface area contributed by atoms with Gasteiger partial charge in [0.1, 0.15) is 11.1 Å². The van der Waals surface area contributed by atoms with Crippen molar-refractivity contribution in [2.45, 2.75) is 175 Å². The first-order valence-electron chi connectivity index (χ1n) is 20.2. The van der Waals surface area contributed by atoms with Gasteiger partial charge in [0, 0.05) is 22.3 Å². The van der Waals surface area contributed by atoms with Gasteiger partial charge in [0.25, 0.3) is 5.69 Å². The summed E-state index contributed by atoms with van der Waals surface area (Å²) in [5.74, 6) is -0.610. The quantitative estimate of drug-likeness (QED) is 0.0474. The van der Waals surface area contributed by atoms with Crippen LogP contribution < -0.4 is 9.87 Å². The fourth-order valence-electron chi connectivity index (χ4n) is 6.99. The van der Waals surface area contributed by atoms with Crippen LogP contribution in [0, 0.1) is 19.1 Å². The van der Waals surface area contributed by atoms with Crippen LogP contribution in [0.1, 0.15) is 161 Å². The number of aromatic nitrogens is 2. The fourth-order valence-corrected chi connectivity index (χ4v) is 10.4. The first-order valence-corrected chi connectivity index (χ1v) is 25.6. The molecule has 0 N–H and O–H groups in total. The van der Waals surface area contributed by atoms with Crippen LogP contribution in [0.4, 0.5) is 5.69 Å². The first kappa shape index (κ1) is 48.0. The summed E-state index contributed by atoms with van der Waals surface area (Å²) in [4.78, 5) is 30.2. The van der Waals surface area contributed by atoms with Crippen molar-refractivity contribution < 1.29 is 31.4 Å². The Morgan fingerprint density at radius 1 is 0.983 bits per heavy atom. The Labute approximate surface area is 360 Å². The van der Waals surface area contributed by atoms with E-state index in [1.165, 1.54) is 16.8 Å². The van der Waals surface area contributed by atoms with Gasteiger partial charge in [-0.05, 0) is 99.1 Å². The van der Waals surface area contributed by atoms with Crippen LogP contribution in [0.25, 0.3) is 0 Å². The van der Waals surface area contributed by atoms with Gasteiger partial charge >= 0.3 is 15.8 Å². The van der Waals surface area contributed by atoms with Crippen LogP contribution in [0.5, 0.6) is 5.88 Å². The molecule has 1 unspecified atom stereocenters.